The number of carbonyl (C=O) groups is 1. The maximum Gasteiger partial charge on any atom is 0.330 e. The summed E-state index contributed by atoms with van der Waals surface area (Å²) in [5.41, 5.74) is 0.512. The first kappa shape index (κ1) is 21.4. The molecule has 164 valence electrons. The summed E-state index contributed by atoms with van der Waals surface area (Å²) in [5.74, 6) is 2.63. The number of allylic oxidation sites excluding steroid dienone is 1. The van der Waals surface area contributed by atoms with Gasteiger partial charge in [-0.25, -0.2) is 4.79 Å². The molecule has 2 N–H and O–H groups in total. The molecule has 0 aromatic rings. The highest BCUT2D eigenvalue weighted by Gasteiger charge is 2.62. The first-order valence-electron chi connectivity index (χ1n) is 11.8. The van der Waals surface area contributed by atoms with Crippen LogP contribution in [0.4, 0.5) is 0 Å². The predicted octanol–water partition coefficient (Wildman–Crippen LogP) is 4.34. The van der Waals surface area contributed by atoms with Gasteiger partial charge < -0.3 is 14.9 Å². The molecule has 0 spiro atoms. The van der Waals surface area contributed by atoms with Crippen LogP contribution in [0.1, 0.15) is 72.1 Å². The zero-order chi connectivity index (χ0) is 21.0. The predicted molar refractivity (Wildman–Crippen MR) is 113 cm³/mol. The average Bonchev–Trinajstić information content (AvgIpc) is 3.04. The molecule has 4 saturated carbocycles. The van der Waals surface area contributed by atoms with Crippen LogP contribution in [0.15, 0.2) is 12.2 Å². The van der Waals surface area contributed by atoms with Gasteiger partial charge in [0.05, 0.1) is 19.3 Å². The average molecular weight is 405 g/mol. The van der Waals surface area contributed by atoms with Crippen LogP contribution in [-0.4, -0.2) is 35.5 Å². The summed E-state index contributed by atoms with van der Waals surface area (Å²) in [6, 6.07) is 0. The molecule has 4 heteroatoms. The Bertz CT molecular complexity index is 659. The summed E-state index contributed by atoms with van der Waals surface area (Å²) in [6.07, 6.45) is 11.8. The number of esters is 1. The zero-order valence-corrected chi connectivity index (χ0v) is 18.6. The van der Waals surface area contributed by atoms with Crippen molar-refractivity contribution in [1.82, 2.24) is 0 Å². The highest BCUT2D eigenvalue weighted by Crippen LogP contribution is 2.68. The van der Waals surface area contributed by atoms with Crippen LogP contribution in [0.2, 0.25) is 0 Å². The molecule has 0 aliphatic heterocycles. The monoisotopic (exact) mass is 404 g/mol. The summed E-state index contributed by atoms with van der Waals surface area (Å²) in [7, 11) is 1.42. The van der Waals surface area contributed by atoms with Gasteiger partial charge in [-0.1, -0.05) is 26.8 Å². The van der Waals surface area contributed by atoms with Crippen molar-refractivity contribution in [3.8, 4) is 0 Å². The molecule has 10 atom stereocenters. The van der Waals surface area contributed by atoms with Crippen molar-refractivity contribution in [2.24, 2.45) is 46.3 Å². The Balaban J connectivity index is 1.56. The molecule has 0 aromatic heterocycles. The Labute approximate surface area is 176 Å². The third-order valence-corrected chi connectivity index (χ3v) is 10.1. The Morgan fingerprint density at radius 1 is 1.03 bits per heavy atom. The van der Waals surface area contributed by atoms with Gasteiger partial charge in [0.1, 0.15) is 0 Å². The topological polar surface area (TPSA) is 66.8 Å². The maximum atomic E-state index is 11.6. The molecule has 4 fully saturated rings. The second-order valence-corrected chi connectivity index (χ2v) is 11.2. The van der Waals surface area contributed by atoms with Crippen molar-refractivity contribution < 1.29 is 19.7 Å². The molecule has 0 radical (unpaired) electrons. The van der Waals surface area contributed by atoms with E-state index in [0.29, 0.717) is 35.5 Å². The van der Waals surface area contributed by atoms with E-state index >= 15 is 0 Å². The molecule has 0 amide bonds. The van der Waals surface area contributed by atoms with E-state index < -0.39 is 0 Å². The van der Waals surface area contributed by atoms with Gasteiger partial charge in [0.2, 0.25) is 0 Å². The minimum absolute atomic E-state index is 0.177. The summed E-state index contributed by atoms with van der Waals surface area (Å²) in [5, 5.41) is 21.5. The lowest BCUT2D eigenvalue weighted by atomic mass is 9.43. The Morgan fingerprint density at radius 2 is 1.72 bits per heavy atom. The third-order valence-electron chi connectivity index (χ3n) is 10.1. The van der Waals surface area contributed by atoms with Crippen LogP contribution in [-0.2, 0) is 9.53 Å². The van der Waals surface area contributed by atoms with E-state index in [9.17, 15) is 15.0 Å². The number of carbonyl (C=O) groups excluding carboxylic acids is 1. The summed E-state index contributed by atoms with van der Waals surface area (Å²) in [6.45, 7) is 7.16. The molecule has 0 bridgehead atoms. The number of aliphatic hydroxyl groups excluding tert-OH is 2. The third kappa shape index (κ3) is 3.39. The van der Waals surface area contributed by atoms with Gasteiger partial charge >= 0.3 is 5.97 Å². The highest BCUT2D eigenvalue weighted by atomic mass is 16.5. The molecule has 29 heavy (non-hydrogen) atoms. The van der Waals surface area contributed by atoms with E-state index in [1.165, 1.54) is 32.8 Å². The van der Waals surface area contributed by atoms with Gasteiger partial charge in [-0.05, 0) is 97.7 Å². The Hall–Kier alpha value is -0.870. The highest BCUT2D eigenvalue weighted by molar-refractivity contribution is 5.81. The van der Waals surface area contributed by atoms with Crippen molar-refractivity contribution >= 4 is 5.97 Å². The second kappa shape index (κ2) is 7.67. The summed E-state index contributed by atoms with van der Waals surface area (Å²) in [4.78, 5) is 11.6. The number of aliphatic hydroxyl groups is 2. The van der Waals surface area contributed by atoms with Crippen molar-refractivity contribution in [2.45, 2.75) is 84.3 Å². The zero-order valence-electron chi connectivity index (χ0n) is 18.6. The molecule has 0 saturated heterocycles. The van der Waals surface area contributed by atoms with E-state index in [0.717, 1.165) is 25.7 Å². The van der Waals surface area contributed by atoms with Crippen LogP contribution in [0.3, 0.4) is 0 Å². The summed E-state index contributed by atoms with van der Waals surface area (Å²) < 4.78 is 4.77. The summed E-state index contributed by atoms with van der Waals surface area (Å²) >= 11 is 0. The fourth-order valence-corrected chi connectivity index (χ4v) is 8.54. The maximum absolute atomic E-state index is 11.6. The minimum atomic E-state index is -0.276. The molecule has 4 aliphatic rings. The number of rotatable bonds is 3. The van der Waals surface area contributed by atoms with Crippen molar-refractivity contribution in [3.05, 3.63) is 12.2 Å². The quantitative estimate of drug-likeness (QED) is 0.542. The van der Waals surface area contributed by atoms with Crippen LogP contribution >= 0.6 is 0 Å². The molecular formula is C25H40O4. The molecule has 0 heterocycles. The lowest BCUT2D eigenvalue weighted by Crippen LogP contribution is -2.58. The molecule has 4 nitrogen and oxygen atoms in total. The first-order chi connectivity index (χ1) is 13.7. The number of methoxy groups -OCH3 is 1. The van der Waals surface area contributed by atoms with Gasteiger partial charge in [0, 0.05) is 6.08 Å². The van der Waals surface area contributed by atoms with E-state index in [-0.39, 0.29) is 29.0 Å². The Morgan fingerprint density at radius 3 is 2.45 bits per heavy atom. The van der Waals surface area contributed by atoms with Gasteiger partial charge in [-0.3, -0.25) is 0 Å². The van der Waals surface area contributed by atoms with Gasteiger partial charge in [-0.2, -0.15) is 0 Å². The SMILES string of the molecule is COC(=O)/C=C/[C@@H](C)C1CC[C@H]2[C@@H]3[C@H](O)C[C@@H]4C[C@H](O)CC[C@]4(C)[C@H]3CC[C@]12C. The van der Waals surface area contributed by atoms with E-state index in [2.05, 4.69) is 20.8 Å². The standard InChI is InChI=1S/C25H40O4/c1-15(5-8-22(28)29-4)18-6-7-19-23-20(10-12-25(18,19)3)24(2)11-9-17(26)13-16(24)14-21(23)27/h5,8,15-21,23,26-27H,6-7,9-14H2,1-4H3/b8-5+/t15-,16+,17-,18?,19+,20+,21-,23+,24+,25-/m1/s1. The second-order valence-electron chi connectivity index (χ2n) is 11.2. The number of fused-ring (bicyclic) bond motifs is 5. The van der Waals surface area contributed by atoms with Gasteiger partial charge in [0.15, 0.2) is 0 Å². The van der Waals surface area contributed by atoms with Gasteiger partial charge in [0.25, 0.3) is 0 Å². The smallest absolute Gasteiger partial charge is 0.330 e. The number of hydrogen-bond donors (Lipinski definition) is 2. The van der Waals surface area contributed by atoms with Crippen LogP contribution in [0.5, 0.6) is 0 Å². The van der Waals surface area contributed by atoms with E-state index in [4.69, 9.17) is 4.74 Å². The fourth-order valence-electron chi connectivity index (χ4n) is 8.54. The largest absolute Gasteiger partial charge is 0.466 e. The Kier molecular flexibility index (Phi) is 5.65. The van der Waals surface area contributed by atoms with Crippen molar-refractivity contribution in [1.29, 1.82) is 0 Å². The number of hydrogen-bond acceptors (Lipinski definition) is 4. The molecule has 1 unspecified atom stereocenters. The van der Waals surface area contributed by atoms with Crippen LogP contribution in [0.25, 0.3) is 0 Å². The lowest BCUT2D eigenvalue weighted by molar-refractivity contribution is -0.173. The van der Waals surface area contributed by atoms with Crippen molar-refractivity contribution in [2.75, 3.05) is 7.11 Å². The fraction of sp³-hybridized carbons (Fsp3) is 0.880. The molecule has 0 aromatic carbocycles. The molecular weight excluding hydrogens is 364 g/mol. The molecule has 4 rings (SSSR count). The normalized spacial score (nSPS) is 50.5. The van der Waals surface area contributed by atoms with Crippen LogP contribution < -0.4 is 0 Å². The van der Waals surface area contributed by atoms with Gasteiger partial charge in [-0.15, -0.1) is 0 Å². The minimum Gasteiger partial charge on any atom is -0.466 e. The number of ether oxygens (including phenoxy) is 1. The lowest BCUT2D eigenvalue weighted by Gasteiger charge is -2.62. The first-order valence-corrected chi connectivity index (χ1v) is 11.8. The van der Waals surface area contributed by atoms with Crippen LogP contribution in [0, 0.1) is 46.3 Å². The van der Waals surface area contributed by atoms with Crippen molar-refractivity contribution in [3.63, 3.8) is 0 Å². The van der Waals surface area contributed by atoms with E-state index in [1.54, 1.807) is 6.08 Å². The van der Waals surface area contributed by atoms with E-state index in [1.807, 2.05) is 6.08 Å². The molecule has 4 aliphatic carbocycles.